The molecule has 0 fully saturated rings. The first-order chi connectivity index (χ1) is 8.73. The third-order valence-corrected chi connectivity index (χ3v) is 2.71. The van der Waals surface area contributed by atoms with Gasteiger partial charge < -0.3 is 9.47 Å². The Balaban J connectivity index is 2.91. The fourth-order valence-corrected chi connectivity index (χ4v) is 1.87. The second-order valence-corrected chi connectivity index (χ2v) is 3.67. The molecule has 0 aliphatic carbocycles. The highest BCUT2D eigenvalue weighted by atomic mass is 16.5. The summed E-state index contributed by atoms with van der Waals surface area (Å²) >= 11 is 0. The molecular weight excluding hydrogens is 228 g/mol. The summed E-state index contributed by atoms with van der Waals surface area (Å²) in [6, 6.07) is 11.0. The van der Waals surface area contributed by atoms with Gasteiger partial charge in [0.15, 0.2) is 0 Å². The van der Waals surface area contributed by atoms with Crippen LogP contribution in [0.15, 0.2) is 24.3 Å². The van der Waals surface area contributed by atoms with Crippen LogP contribution >= 0.6 is 0 Å². The van der Waals surface area contributed by atoms with E-state index in [1.165, 1.54) is 14.2 Å². The molecule has 0 spiro atoms. The van der Waals surface area contributed by atoms with E-state index in [1.54, 1.807) is 24.3 Å². The van der Waals surface area contributed by atoms with Crippen LogP contribution in [0.5, 0.6) is 11.5 Å². The molecule has 0 aliphatic rings. The van der Waals surface area contributed by atoms with Gasteiger partial charge in [0.2, 0.25) is 0 Å². The Bertz CT molecular complexity index is 637. The molecule has 4 nitrogen and oxygen atoms in total. The Morgan fingerprint density at radius 3 is 1.61 bits per heavy atom. The van der Waals surface area contributed by atoms with E-state index in [0.29, 0.717) is 28.0 Å². The van der Waals surface area contributed by atoms with Crippen molar-refractivity contribution in [1.82, 2.24) is 0 Å². The van der Waals surface area contributed by atoms with Crippen molar-refractivity contribution in [2.75, 3.05) is 14.2 Å². The van der Waals surface area contributed by atoms with Gasteiger partial charge in [-0.15, -0.1) is 0 Å². The first kappa shape index (κ1) is 11.8. The lowest BCUT2D eigenvalue weighted by Crippen LogP contribution is -1.91. The van der Waals surface area contributed by atoms with Gasteiger partial charge in [0, 0.05) is 5.39 Å². The first-order valence-corrected chi connectivity index (χ1v) is 5.23. The van der Waals surface area contributed by atoms with E-state index < -0.39 is 0 Å². The molecular formula is C14H10N2O2. The van der Waals surface area contributed by atoms with Gasteiger partial charge in [0.05, 0.1) is 37.5 Å². The maximum atomic E-state index is 9.16. The molecule has 2 aromatic carbocycles. The lowest BCUT2D eigenvalue weighted by atomic mass is 9.99. The minimum absolute atomic E-state index is 0.420. The summed E-state index contributed by atoms with van der Waals surface area (Å²) in [6.45, 7) is 0. The van der Waals surface area contributed by atoms with Crippen molar-refractivity contribution in [3.63, 3.8) is 0 Å². The molecule has 4 heteroatoms. The van der Waals surface area contributed by atoms with E-state index in [1.807, 2.05) is 0 Å². The van der Waals surface area contributed by atoms with Crippen LogP contribution in [0.1, 0.15) is 11.1 Å². The summed E-state index contributed by atoms with van der Waals surface area (Å²) in [5, 5.41) is 19.7. The molecule has 0 heterocycles. The summed E-state index contributed by atoms with van der Waals surface area (Å²) in [4.78, 5) is 0. The zero-order valence-corrected chi connectivity index (χ0v) is 10.0. The maximum absolute atomic E-state index is 9.16. The molecule has 2 aromatic rings. The van der Waals surface area contributed by atoms with Gasteiger partial charge in [-0.05, 0) is 29.7 Å². The Kier molecular flexibility index (Phi) is 3.03. The van der Waals surface area contributed by atoms with E-state index >= 15 is 0 Å². The third kappa shape index (κ3) is 1.81. The summed E-state index contributed by atoms with van der Waals surface area (Å²) in [5.41, 5.74) is 0.840. The number of methoxy groups -OCH3 is 2. The highest BCUT2D eigenvalue weighted by Crippen LogP contribution is 2.31. The normalized spacial score (nSPS) is 9.56. The van der Waals surface area contributed by atoms with Gasteiger partial charge in [-0.2, -0.15) is 10.5 Å². The molecule has 0 bridgehead atoms. The fourth-order valence-electron chi connectivity index (χ4n) is 1.87. The molecule has 88 valence electrons. The number of rotatable bonds is 2. The highest BCUT2D eigenvalue weighted by Gasteiger charge is 2.11. The Labute approximate surface area is 105 Å². The van der Waals surface area contributed by atoms with Crippen molar-refractivity contribution in [2.45, 2.75) is 0 Å². The summed E-state index contributed by atoms with van der Waals surface area (Å²) in [5.74, 6) is 1.16. The predicted octanol–water partition coefficient (Wildman–Crippen LogP) is 2.60. The topological polar surface area (TPSA) is 66.0 Å². The van der Waals surface area contributed by atoms with Crippen molar-refractivity contribution in [3.8, 4) is 23.6 Å². The number of ether oxygens (including phenoxy) is 2. The maximum Gasteiger partial charge on any atom is 0.120 e. The van der Waals surface area contributed by atoms with Gasteiger partial charge in [-0.1, -0.05) is 0 Å². The number of fused-ring (bicyclic) bond motifs is 1. The lowest BCUT2D eigenvalue weighted by Gasteiger charge is -2.08. The van der Waals surface area contributed by atoms with Gasteiger partial charge in [0.25, 0.3) is 0 Å². The van der Waals surface area contributed by atoms with Gasteiger partial charge >= 0.3 is 0 Å². The van der Waals surface area contributed by atoms with E-state index in [-0.39, 0.29) is 0 Å². The Morgan fingerprint density at radius 1 is 0.833 bits per heavy atom. The molecule has 0 aliphatic heterocycles. The van der Waals surface area contributed by atoms with Crippen LogP contribution in [0.4, 0.5) is 0 Å². The van der Waals surface area contributed by atoms with E-state index in [9.17, 15) is 0 Å². The summed E-state index contributed by atoms with van der Waals surface area (Å²) in [7, 11) is 3.07. The number of hydrogen-bond donors (Lipinski definition) is 0. The molecule has 0 saturated carbocycles. The largest absolute Gasteiger partial charge is 0.497 e. The average molecular weight is 238 g/mol. The van der Waals surface area contributed by atoms with E-state index in [0.717, 1.165) is 5.39 Å². The summed E-state index contributed by atoms with van der Waals surface area (Å²) in [6.07, 6.45) is 0. The van der Waals surface area contributed by atoms with Gasteiger partial charge in [-0.25, -0.2) is 0 Å². The first-order valence-electron chi connectivity index (χ1n) is 5.23. The molecule has 0 amide bonds. The molecule has 0 aromatic heterocycles. The van der Waals surface area contributed by atoms with Crippen LogP contribution in [-0.2, 0) is 0 Å². The average Bonchev–Trinajstić information content (AvgIpc) is 2.44. The second-order valence-electron chi connectivity index (χ2n) is 3.67. The quantitative estimate of drug-likeness (QED) is 0.806. The third-order valence-electron chi connectivity index (χ3n) is 2.71. The van der Waals surface area contributed by atoms with Gasteiger partial charge in [0.1, 0.15) is 11.5 Å². The summed E-state index contributed by atoms with van der Waals surface area (Å²) < 4.78 is 10.3. The van der Waals surface area contributed by atoms with Crippen molar-refractivity contribution in [2.24, 2.45) is 0 Å². The van der Waals surface area contributed by atoms with Crippen LogP contribution in [0.25, 0.3) is 10.8 Å². The molecule has 0 N–H and O–H groups in total. The molecule has 18 heavy (non-hydrogen) atoms. The minimum Gasteiger partial charge on any atom is -0.497 e. The predicted molar refractivity (Wildman–Crippen MR) is 66.5 cm³/mol. The number of hydrogen-bond acceptors (Lipinski definition) is 4. The standard InChI is InChI=1S/C14H10N2O2/c1-17-12-3-9-4-13(18-2)6-11(8-16)14(9)10(5-12)7-15/h3-6H,1-2H3. The zero-order valence-electron chi connectivity index (χ0n) is 10.0. The SMILES string of the molecule is COc1cc(C#N)c2c(C#N)cc(OC)cc2c1. The van der Waals surface area contributed by atoms with Gasteiger partial charge in [-0.3, -0.25) is 0 Å². The smallest absolute Gasteiger partial charge is 0.120 e. The van der Waals surface area contributed by atoms with Crippen LogP contribution in [-0.4, -0.2) is 14.2 Å². The van der Waals surface area contributed by atoms with Crippen LogP contribution in [0, 0.1) is 22.7 Å². The molecule has 2 rings (SSSR count). The van der Waals surface area contributed by atoms with Crippen LogP contribution in [0.3, 0.4) is 0 Å². The monoisotopic (exact) mass is 238 g/mol. The second kappa shape index (κ2) is 4.65. The Morgan fingerprint density at radius 2 is 1.28 bits per heavy atom. The molecule has 0 atom stereocenters. The lowest BCUT2D eigenvalue weighted by molar-refractivity contribution is 0.413. The number of benzene rings is 2. The number of nitrogens with zero attached hydrogens (tertiary/aromatic N) is 2. The fraction of sp³-hybridized carbons (Fsp3) is 0.143. The van der Waals surface area contributed by atoms with E-state index in [4.69, 9.17) is 20.0 Å². The van der Waals surface area contributed by atoms with Crippen LogP contribution in [0.2, 0.25) is 0 Å². The van der Waals surface area contributed by atoms with Crippen molar-refractivity contribution >= 4 is 10.8 Å². The molecule has 0 unspecified atom stereocenters. The minimum atomic E-state index is 0.420. The van der Waals surface area contributed by atoms with Crippen molar-refractivity contribution in [3.05, 3.63) is 35.4 Å². The molecule has 0 radical (unpaired) electrons. The Hall–Kier alpha value is -2.72. The van der Waals surface area contributed by atoms with Crippen molar-refractivity contribution in [1.29, 1.82) is 10.5 Å². The molecule has 0 saturated heterocycles. The number of nitriles is 2. The zero-order chi connectivity index (χ0) is 13.1. The van der Waals surface area contributed by atoms with Crippen molar-refractivity contribution < 1.29 is 9.47 Å². The van der Waals surface area contributed by atoms with E-state index in [2.05, 4.69) is 12.1 Å². The highest BCUT2D eigenvalue weighted by molar-refractivity contribution is 5.95. The van der Waals surface area contributed by atoms with Crippen LogP contribution < -0.4 is 9.47 Å².